The maximum Gasteiger partial charge on any atom is 0.268 e. The van der Waals surface area contributed by atoms with E-state index in [4.69, 9.17) is 11.6 Å². The predicted molar refractivity (Wildman–Crippen MR) is 69.6 cm³/mol. The molecule has 0 unspecified atom stereocenters. The number of aromatic nitrogens is 2. The van der Waals surface area contributed by atoms with Crippen molar-refractivity contribution in [1.29, 1.82) is 0 Å². The molecule has 0 saturated carbocycles. The topological polar surface area (TPSA) is 34.9 Å². The molecule has 0 aromatic carbocycles. The largest absolute Gasteiger partial charge is 0.268 e. The van der Waals surface area contributed by atoms with Crippen LogP contribution in [0.25, 0.3) is 0 Å². The highest BCUT2D eigenvalue weighted by atomic mass is 127. The maximum atomic E-state index is 11.5. The van der Waals surface area contributed by atoms with Crippen molar-refractivity contribution in [2.75, 3.05) is 0 Å². The average molecular weight is 353 g/mol. The molecule has 0 bridgehead atoms. The first-order valence-electron chi connectivity index (χ1n) is 4.11. The molecular formula is C9H6ClIN2OS. The van der Waals surface area contributed by atoms with Gasteiger partial charge in [0.1, 0.15) is 0 Å². The first-order chi connectivity index (χ1) is 7.16. The van der Waals surface area contributed by atoms with Crippen LogP contribution in [0.3, 0.4) is 0 Å². The molecule has 0 aliphatic carbocycles. The van der Waals surface area contributed by atoms with Crippen LogP contribution in [0.5, 0.6) is 0 Å². The minimum atomic E-state index is -0.105. The lowest BCUT2D eigenvalue weighted by molar-refractivity contribution is 0.643. The molecular weight excluding hydrogens is 347 g/mol. The van der Waals surface area contributed by atoms with Gasteiger partial charge in [-0.25, -0.2) is 4.68 Å². The summed E-state index contributed by atoms with van der Waals surface area (Å²) in [5.74, 6) is 0. The molecule has 15 heavy (non-hydrogen) atoms. The Morgan fingerprint density at radius 3 is 3.00 bits per heavy atom. The fourth-order valence-corrected chi connectivity index (χ4v) is 2.57. The Balaban J connectivity index is 2.33. The summed E-state index contributed by atoms with van der Waals surface area (Å²) in [5, 5.41) is 6.62. The number of hydrogen-bond donors (Lipinski definition) is 0. The van der Waals surface area contributed by atoms with Crippen LogP contribution in [0.4, 0.5) is 0 Å². The Labute approximate surface area is 109 Å². The van der Waals surface area contributed by atoms with Gasteiger partial charge in [-0.1, -0.05) is 11.6 Å². The van der Waals surface area contributed by atoms with Crippen LogP contribution in [0.15, 0.2) is 28.5 Å². The van der Waals surface area contributed by atoms with Crippen molar-refractivity contribution in [1.82, 2.24) is 9.78 Å². The molecule has 2 aromatic heterocycles. The van der Waals surface area contributed by atoms with Gasteiger partial charge in [0.2, 0.25) is 0 Å². The molecule has 2 aromatic rings. The molecule has 0 aliphatic heterocycles. The van der Waals surface area contributed by atoms with Gasteiger partial charge >= 0.3 is 0 Å². The summed E-state index contributed by atoms with van der Waals surface area (Å²) in [4.78, 5) is 12.5. The maximum absolute atomic E-state index is 11.5. The quantitative estimate of drug-likeness (QED) is 0.779. The summed E-state index contributed by atoms with van der Waals surface area (Å²) < 4.78 is 2.24. The number of thiophene rings is 1. The van der Waals surface area contributed by atoms with Crippen molar-refractivity contribution < 1.29 is 0 Å². The molecule has 0 spiro atoms. The molecule has 2 rings (SSSR count). The first-order valence-corrected chi connectivity index (χ1v) is 6.45. The highest BCUT2D eigenvalue weighted by Crippen LogP contribution is 2.22. The normalized spacial score (nSPS) is 10.5. The molecule has 0 fully saturated rings. The van der Waals surface area contributed by atoms with E-state index in [2.05, 4.69) is 27.7 Å². The van der Waals surface area contributed by atoms with Crippen molar-refractivity contribution in [2.45, 2.75) is 6.54 Å². The zero-order valence-corrected chi connectivity index (χ0v) is 11.2. The zero-order valence-electron chi connectivity index (χ0n) is 7.48. The Hall–Kier alpha value is -0.400. The first kappa shape index (κ1) is 11.1. The van der Waals surface area contributed by atoms with Gasteiger partial charge in [0, 0.05) is 14.5 Å². The molecule has 6 heteroatoms. The number of hydrogen-bond acceptors (Lipinski definition) is 3. The second-order valence-electron chi connectivity index (χ2n) is 2.86. The zero-order chi connectivity index (χ0) is 10.8. The van der Waals surface area contributed by atoms with Crippen LogP contribution < -0.4 is 5.56 Å². The summed E-state index contributed by atoms with van der Waals surface area (Å²) in [6, 6.07) is 3.37. The lowest BCUT2D eigenvalue weighted by Gasteiger charge is -2.02. The predicted octanol–water partition coefficient (Wildman–Crippen LogP) is 2.61. The smallest absolute Gasteiger partial charge is 0.268 e. The van der Waals surface area contributed by atoms with Crippen molar-refractivity contribution in [3.8, 4) is 0 Å². The Kier molecular flexibility index (Phi) is 3.42. The second kappa shape index (κ2) is 4.63. The molecule has 0 aliphatic rings. The third-order valence-electron chi connectivity index (χ3n) is 1.82. The van der Waals surface area contributed by atoms with E-state index in [-0.39, 0.29) is 5.56 Å². The summed E-state index contributed by atoms with van der Waals surface area (Å²) in [6.07, 6.45) is 1.66. The van der Waals surface area contributed by atoms with Gasteiger partial charge < -0.3 is 0 Å². The SMILES string of the molecule is O=c1cc(I)cnn1Cc1sccc1Cl. The molecule has 0 atom stereocenters. The van der Waals surface area contributed by atoms with Crippen molar-refractivity contribution in [3.05, 3.63) is 47.5 Å². The Morgan fingerprint density at radius 1 is 1.60 bits per heavy atom. The minimum Gasteiger partial charge on any atom is -0.268 e. The van der Waals surface area contributed by atoms with Gasteiger partial charge in [-0.2, -0.15) is 5.10 Å². The van der Waals surface area contributed by atoms with E-state index in [1.165, 1.54) is 16.0 Å². The number of rotatable bonds is 2. The Bertz CT molecular complexity index is 537. The van der Waals surface area contributed by atoms with E-state index in [0.29, 0.717) is 11.6 Å². The van der Waals surface area contributed by atoms with Crippen LogP contribution in [-0.4, -0.2) is 9.78 Å². The monoisotopic (exact) mass is 352 g/mol. The van der Waals surface area contributed by atoms with Crippen LogP contribution in [0.2, 0.25) is 5.02 Å². The Morgan fingerprint density at radius 2 is 2.40 bits per heavy atom. The molecule has 0 N–H and O–H groups in total. The van der Waals surface area contributed by atoms with E-state index in [9.17, 15) is 4.79 Å². The van der Waals surface area contributed by atoms with Crippen LogP contribution in [0, 0.1) is 3.57 Å². The number of halogens is 2. The molecule has 3 nitrogen and oxygen atoms in total. The summed E-state index contributed by atoms with van der Waals surface area (Å²) in [6.45, 7) is 0.437. The second-order valence-corrected chi connectivity index (χ2v) is 5.51. The molecule has 0 saturated heterocycles. The van der Waals surface area contributed by atoms with E-state index >= 15 is 0 Å². The van der Waals surface area contributed by atoms with Crippen molar-refractivity contribution >= 4 is 45.5 Å². The van der Waals surface area contributed by atoms with Gasteiger partial charge in [-0.15, -0.1) is 11.3 Å². The van der Waals surface area contributed by atoms with Gasteiger partial charge in [-0.05, 0) is 34.0 Å². The van der Waals surface area contributed by atoms with E-state index < -0.39 is 0 Å². The van der Waals surface area contributed by atoms with Gasteiger partial charge in [0.25, 0.3) is 5.56 Å². The summed E-state index contributed by atoms with van der Waals surface area (Å²) in [5.41, 5.74) is -0.105. The molecule has 2 heterocycles. The van der Waals surface area contributed by atoms with E-state index in [1.807, 2.05) is 11.4 Å². The van der Waals surface area contributed by atoms with Crippen molar-refractivity contribution in [2.24, 2.45) is 0 Å². The minimum absolute atomic E-state index is 0.105. The lowest BCUT2D eigenvalue weighted by Crippen LogP contribution is -2.22. The molecule has 78 valence electrons. The number of nitrogens with zero attached hydrogens (tertiary/aromatic N) is 2. The fraction of sp³-hybridized carbons (Fsp3) is 0.111. The average Bonchev–Trinajstić information content (AvgIpc) is 2.57. The third kappa shape index (κ3) is 2.59. The van der Waals surface area contributed by atoms with Crippen LogP contribution in [0.1, 0.15) is 4.88 Å². The fourth-order valence-electron chi connectivity index (χ4n) is 1.10. The molecule has 0 amide bonds. The summed E-state index contributed by atoms with van der Waals surface area (Å²) in [7, 11) is 0. The van der Waals surface area contributed by atoms with Gasteiger partial charge in [0.15, 0.2) is 0 Å². The van der Waals surface area contributed by atoms with E-state index in [0.717, 1.165) is 8.45 Å². The summed E-state index contributed by atoms with van der Waals surface area (Å²) >= 11 is 9.52. The molecule has 0 radical (unpaired) electrons. The van der Waals surface area contributed by atoms with Crippen LogP contribution >= 0.6 is 45.5 Å². The van der Waals surface area contributed by atoms with Gasteiger partial charge in [-0.3, -0.25) is 4.79 Å². The van der Waals surface area contributed by atoms with Crippen LogP contribution in [-0.2, 0) is 6.54 Å². The standard InChI is InChI=1S/C9H6ClIN2OS/c10-7-1-2-15-8(7)5-13-9(14)3-6(11)4-12-13/h1-4H,5H2. The lowest BCUT2D eigenvalue weighted by atomic mass is 10.4. The highest BCUT2D eigenvalue weighted by molar-refractivity contribution is 14.1. The van der Waals surface area contributed by atoms with E-state index in [1.54, 1.807) is 12.3 Å². The van der Waals surface area contributed by atoms with Gasteiger partial charge in [0.05, 0.1) is 17.8 Å². The third-order valence-corrected chi connectivity index (χ3v) is 3.78. The highest BCUT2D eigenvalue weighted by Gasteiger charge is 2.04. The van der Waals surface area contributed by atoms with Crippen molar-refractivity contribution in [3.63, 3.8) is 0 Å².